The Hall–Kier alpha value is -0.720. The van der Waals surface area contributed by atoms with E-state index in [4.69, 9.17) is 9.47 Å². The fraction of sp³-hybridized carbons (Fsp3) is 0.538. The molecule has 0 aromatic heterocycles. The van der Waals surface area contributed by atoms with Crippen molar-refractivity contribution in [1.29, 1.82) is 0 Å². The predicted octanol–water partition coefficient (Wildman–Crippen LogP) is 2.87. The lowest BCUT2D eigenvalue weighted by atomic mass is 9.85. The summed E-state index contributed by atoms with van der Waals surface area (Å²) in [6, 6.07) is 2.68. The Morgan fingerprint density at radius 3 is 2.79 bits per heavy atom. The summed E-state index contributed by atoms with van der Waals surface area (Å²) in [7, 11) is 1.84. The number of ether oxygens (including phenoxy) is 2. The Morgan fingerprint density at radius 1 is 1.42 bits per heavy atom. The van der Waals surface area contributed by atoms with Crippen molar-refractivity contribution in [2.24, 2.45) is 0 Å². The van der Waals surface area contributed by atoms with E-state index in [9.17, 15) is 8.78 Å². The quantitative estimate of drug-likeness (QED) is 0.839. The van der Waals surface area contributed by atoms with Crippen LogP contribution in [0.15, 0.2) is 16.6 Å². The highest BCUT2D eigenvalue weighted by atomic mass is 79.9. The first-order valence-electron chi connectivity index (χ1n) is 6.16. The number of rotatable bonds is 5. The van der Waals surface area contributed by atoms with Crippen molar-refractivity contribution in [2.45, 2.75) is 31.6 Å². The Balaban J connectivity index is 2.09. The maximum absolute atomic E-state index is 13.6. The molecular formula is C13H16BrF2NO2. The molecule has 1 fully saturated rings. The van der Waals surface area contributed by atoms with E-state index >= 15 is 0 Å². The number of hydrogen-bond acceptors (Lipinski definition) is 3. The average molecular weight is 336 g/mol. The van der Waals surface area contributed by atoms with Crippen molar-refractivity contribution in [3.05, 3.63) is 28.2 Å². The highest BCUT2D eigenvalue weighted by Crippen LogP contribution is 2.32. The molecule has 2 rings (SSSR count). The van der Waals surface area contributed by atoms with Gasteiger partial charge >= 0.3 is 0 Å². The molecule has 1 N–H and O–H groups in total. The summed E-state index contributed by atoms with van der Waals surface area (Å²) >= 11 is 3.12. The van der Waals surface area contributed by atoms with Gasteiger partial charge in [-0.2, -0.15) is 4.39 Å². The molecule has 0 amide bonds. The van der Waals surface area contributed by atoms with E-state index in [1.165, 1.54) is 6.07 Å². The van der Waals surface area contributed by atoms with Crippen LogP contribution in [0.5, 0.6) is 5.75 Å². The number of benzene rings is 1. The SMILES string of the molecule is CCOC1C(NC)CC1Oc1cc(Br)cc(F)c1F. The molecule has 0 saturated heterocycles. The van der Waals surface area contributed by atoms with Crippen molar-refractivity contribution in [1.82, 2.24) is 5.32 Å². The van der Waals surface area contributed by atoms with Gasteiger partial charge in [0.25, 0.3) is 0 Å². The van der Waals surface area contributed by atoms with Crippen LogP contribution in [0.25, 0.3) is 0 Å². The van der Waals surface area contributed by atoms with Gasteiger partial charge in [0.2, 0.25) is 5.82 Å². The molecule has 0 heterocycles. The Labute approximate surface area is 119 Å². The second-order valence-corrected chi connectivity index (χ2v) is 5.32. The van der Waals surface area contributed by atoms with Gasteiger partial charge in [0.05, 0.1) is 0 Å². The minimum Gasteiger partial charge on any atom is -0.484 e. The summed E-state index contributed by atoms with van der Waals surface area (Å²) in [6.07, 6.45) is 0.298. The highest BCUT2D eigenvalue weighted by molar-refractivity contribution is 9.10. The van der Waals surface area contributed by atoms with Crippen molar-refractivity contribution in [3.63, 3.8) is 0 Å². The first-order chi connectivity index (χ1) is 9.06. The molecule has 3 atom stereocenters. The molecule has 106 valence electrons. The van der Waals surface area contributed by atoms with Crippen LogP contribution < -0.4 is 10.1 Å². The Morgan fingerprint density at radius 2 is 2.16 bits per heavy atom. The average Bonchev–Trinajstić information content (AvgIpc) is 2.36. The number of nitrogens with one attached hydrogen (secondary N) is 1. The summed E-state index contributed by atoms with van der Waals surface area (Å²) in [5, 5.41) is 3.11. The monoisotopic (exact) mass is 335 g/mol. The molecule has 3 unspecified atom stereocenters. The molecule has 1 aliphatic rings. The summed E-state index contributed by atoms with van der Waals surface area (Å²) in [6.45, 7) is 2.44. The van der Waals surface area contributed by atoms with Crippen molar-refractivity contribution in [2.75, 3.05) is 13.7 Å². The second kappa shape index (κ2) is 6.15. The maximum atomic E-state index is 13.6. The fourth-order valence-electron chi connectivity index (χ4n) is 2.18. The fourth-order valence-corrected chi connectivity index (χ4v) is 2.59. The summed E-state index contributed by atoms with van der Waals surface area (Å²) in [5.41, 5.74) is 0. The van der Waals surface area contributed by atoms with Gasteiger partial charge in [0.1, 0.15) is 12.2 Å². The van der Waals surface area contributed by atoms with Crippen LogP contribution >= 0.6 is 15.9 Å². The molecule has 1 saturated carbocycles. The van der Waals surface area contributed by atoms with E-state index in [0.717, 1.165) is 6.07 Å². The van der Waals surface area contributed by atoms with Gasteiger partial charge in [-0.3, -0.25) is 0 Å². The first-order valence-corrected chi connectivity index (χ1v) is 6.96. The van der Waals surface area contributed by atoms with Crippen LogP contribution in [-0.4, -0.2) is 31.9 Å². The molecule has 1 aromatic rings. The molecule has 0 radical (unpaired) electrons. The van der Waals surface area contributed by atoms with Gasteiger partial charge in [-0.1, -0.05) is 15.9 Å². The normalized spacial score (nSPS) is 26.1. The Kier molecular flexibility index (Phi) is 4.76. The molecular weight excluding hydrogens is 320 g/mol. The lowest BCUT2D eigenvalue weighted by Gasteiger charge is -2.43. The van der Waals surface area contributed by atoms with Crippen LogP contribution in [0.1, 0.15) is 13.3 Å². The van der Waals surface area contributed by atoms with Crippen LogP contribution in [0.3, 0.4) is 0 Å². The smallest absolute Gasteiger partial charge is 0.200 e. The van der Waals surface area contributed by atoms with Crippen molar-refractivity contribution >= 4 is 15.9 Å². The Bertz CT molecular complexity index is 459. The first kappa shape index (κ1) is 14.7. The largest absolute Gasteiger partial charge is 0.484 e. The minimum atomic E-state index is -0.966. The molecule has 0 spiro atoms. The molecule has 6 heteroatoms. The van der Waals surface area contributed by atoms with E-state index in [-0.39, 0.29) is 24.0 Å². The summed E-state index contributed by atoms with van der Waals surface area (Å²) in [5.74, 6) is -1.98. The predicted molar refractivity (Wildman–Crippen MR) is 71.4 cm³/mol. The summed E-state index contributed by atoms with van der Waals surface area (Å²) < 4.78 is 38.4. The third kappa shape index (κ3) is 3.07. The van der Waals surface area contributed by atoms with Crippen LogP contribution in [0.4, 0.5) is 8.78 Å². The van der Waals surface area contributed by atoms with Gasteiger partial charge in [-0.15, -0.1) is 0 Å². The lowest BCUT2D eigenvalue weighted by Crippen LogP contribution is -2.60. The van der Waals surface area contributed by atoms with E-state index in [1.807, 2.05) is 14.0 Å². The highest BCUT2D eigenvalue weighted by Gasteiger charge is 2.43. The van der Waals surface area contributed by atoms with Crippen LogP contribution in [0, 0.1) is 11.6 Å². The van der Waals surface area contributed by atoms with Gasteiger partial charge < -0.3 is 14.8 Å². The standard InChI is InChI=1S/C13H16BrF2NO2/c1-3-18-13-9(17-2)6-11(13)19-10-5-7(14)4-8(15)12(10)16/h4-5,9,11,13,17H,3,6H2,1-2H3. The molecule has 1 aromatic carbocycles. The second-order valence-electron chi connectivity index (χ2n) is 4.41. The van der Waals surface area contributed by atoms with E-state index < -0.39 is 11.6 Å². The van der Waals surface area contributed by atoms with Crippen LogP contribution in [-0.2, 0) is 4.74 Å². The van der Waals surface area contributed by atoms with Crippen LogP contribution in [0.2, 0.25) is 0 Å². The van der Waals surface area contributed by atoms with Gasteiger partial charge in [0.15, 0.2) is 11.6 Å². The van der Waals surface area contributed by atoms with E-state index in [1.54, 1.807) is 0 Å². The number of hydrogen-bond donors (Lipinski definition) is 1. The van der Waals surface area contributed by atoms with Crippen molar-refractivity contribution < 1.29 is 18.3 Å². The number of halogens is 3. The maximum Gasteiger partial charge on any atom is 0.200 e. The third-order valence-electron chi connectivity index (χ3n) is 3.22. The summed E-state index contributed by atoms with van der Waals surface area (Å²) in [4.78, 5) is 0. The zero-order chi connectivity index (χ0) is 14.0. The molecule has 3 nitrogen and oxygen atoms in total. The molecule has 1 aliphatic carbocycles. The lowest BCUT2D eigenvalue weighted by molar-refractivity contribution is -0.104. The molecule has 19 heavy (non-hydrogen) atoms. The number of likely N-dealkylation sites (N-methyl/N-ethyl adjacent to an activating group) is 1. The van der Waals surface area contributed by atoms with Gasteiger partial charge in [0, 0.05) is 23.5 Å². The minimum absolute atomic E-state index is 0.0869. The third-order valence-corrected chi connectivity index (χ3v) is 3.67. The van der Waals surface area contributed by atoms with Gasteiger partial charge in [-0.25, -0.2) is 4.39 Å². The topological polar surface area (TPSA) is 30.5 Å². The van der Waals surface area contributed by atoms with Crippen molar-refractivity contribution in [3.8, 4) is 5.75 Å². The van der Waals surface area contributed by atoms with Gasteiger partial charge in [-0.05, 0) is 26.1 Å². The zero-order valence-electron chi connectivity index (χ0n) is 10.8. The van der Waals surface area contributed by atoms with E-state index in [0.29, 0.717) is 17.5 Å². The molecule has 0 bridgehead atoms. The van der Waals surface area contributed by atoms with E-state index in [2.05, 4.69) is 21.2 Å². The zero-order valence-corrected chi connectivity index (χ0v) is 12.3. The molecule has 0 aliphatic heterocycles.